The van der Waals surface area contributed by atoms with Gasteiger partial charge in [-0.25, -0.2) is 4.99 Å². The number of carbonyl (C=O) groups excluding carboxylic acids is 2. The van der Waals surface area contributed by atoms with E-state index in [0.717, 1.165) is 5.56 Å². The lowest BCUT2D eigenvalue weighted by molar-refractivity contribution is -0.136. The molecule has 0 saturated carbocycles. The van der Waals surface area contributed by atoms with E-state index < -0.39 is 5.97 Å². The van der Waals surface area contributed by atoms with E-state index in [1.54, 1.807) is 47.4 Å². The van der Waals surface area contributed by atoms with Crippen LogP contribution in [0.2, 0.25) is 0 Å². The molecule has 2 aromatic carbocycles. The fraction of sp³-hybridized carbons (Fsp3) is 0.217. The van der Waals surface area contributed by atoms with E-state index in [-0.39, 0.29) is 18.2 Å². The molecule has 2 fully saturated rings. The van der Waals surface area contributed by atoms with Gasteiger partial charge >= 0.3 is 5.97 Å². The largest absolute Gasteiger partial charge is 0.481 e. The van der Waals surface area contributed by atoms with Crippen molar-refractivity contribution in [1.29, 1.82) is 0 Å². The van der Waals surface area contributed by atoms with Crippen molar-refractivity contribution in [2.75, 3.05) is 26.3 Å². The first-order valence-electron chi connectivity index (χ1n) is 10.1. The number of amides is 2. The second-order valence-electron chi connectivity index (χ2n) is 7.25. The van der Waals surface area contributed by atoms with Gasteiger partial charge in [0, 0.05) is 18.7 Å². The molecular weight excluding hydrogens is 430 g/mol. The normalized spacial score (nSPS) is 18.8. The van der Waals surface area contributed by atoms with Gasteiger partial charge in [-0.2, -0.15) is 0 Å². The van der Waals surface area contributed by atoms with Gasteiger partial charge in [-0.15, -0.1) is 0 Å². The van der Waals surface area contributed by atoms with Gasteiger partial charge in [0.1, 0.15) is 0 Å². The van der Waals surface area contributed by atoms with Crippen LogP contribution in [0.4, 0.5) is 5.69 Å². The quantitative estimate of drug-likeness (QED) is 0.677. The van der Waals surface area contributed by atoms with Crippen LogP contribution in [0.1, 0.15) is 21.5 Å². The third kappa shape index (κ3) is 5.43. The van der Waals surface area contributed by atoms with Crippen molar-refractivity contribution in [3.63, 3.8) is 0 Å². The molecule has 0 unspecified atom stereocenters. The highest BCUT2D eigenvalue weighted by atomic mass is 32.2. The van der Waals surface area contributed by atoms with Crippen LogP contribution in [0.25, 0.3) is 6.08 Å². The van der Waals surface area contributed by atoms with Gasteiger partial charge in [0.15, 0.2) is 5.17 Å². The first-order valence-corrected chi connectivity index (χ1v) is 10.9. The Morgan fingerprint density at radius 2 is 1.78 bits per heavy atom. The number of morpholine rings is 1. The van der Waals surface area contributed by atoms with Crippen molar-refractivity contribution in [1.82, 2.24) is 10.2 Å². The second-order valence-corrected chi connectivity index (χ2v) is 8.28. The molecule has 2 heterocycles. The van der Waals surface area contributed by atoms with E-state index in [2.05, 4.69) is 10.3 Å². The highest BCUT2D eigenvalue weighted by molar-refractivity contribution is 8.18. The van der Waals surface area contributed by atoms with Crippen LogP contribution in [0, 0.1) is 0 Å². The van der Waals surface area contributed by atoms with Crippen molar-refractivity contribution >= 4 is 46.5 Å². The van der Waals surface area contributed by atoms with Crippen LogP contribution >= 0.6 is 11.8 Å². The lowest BCUT2D eigenvalue weighted by atomic mass is 10.1. The molecule has 2 N–H and O–H groups in total. The van der Waals surface area contributed by atoms with Gasteiger partial charge in [-0.3, -0.25) is 14.4 Å². The van der Waals surface area contributed by atoms with Crippen LogP contribution in [-0.2, 0) is 20.7 Å². The van der Waals surface area contributed by atoms with Crippen molar-refractivity contribution in [3.8, 4) is 0 Å². The molecule has 4 rings (SSSR count). The van der Waals surface area contributed by atoms with E-state index in [9.17, 15) is 14.4 Å². The van der Waals surface area contributed by atoms with E-state index in [0.29, 0.717) is 53.2 Å². The number of aliphatic carboxylic acids is 1. The molecule has 0 aromatic heterocycles. The molecule has 2 aromatic rings. The first-order chi connectivity index (χ1) is 15.5. The molecule has 0 aliphatic carbocycles. The molecule has 164 valence electrons. The van der Waals surface area contributed by atoms with Crippen LogP contribution < -0.4 is 5.32 Å². The van der Waals surface area contributed by atoms with Crippen LogP contribution in [0.3, 0.4) is 0 Å². The summed E-state index contributed by atoms with van der Waals surface area (Å²) in [7, 11) is 0. The highest BCUT2D eigenvalue weighted by Crippen LogP contribution is 2.28. The van der Waals surface area contributed by atoms with E-state index >= 15 is 0 Å². The lowest BCUT2D eigenvalue weighted by Crippen LogP contribution is -2.40. The number of aliphatic imine (C=N–C) groups is 1. The molecule has 8 nitrogen and oxygen atoms in total. The molecule has 0 radical (unpaired) electrons. The predicted octanol–water partition coefficient (Wildman–Crippen LogP) is 2.68. The van der Waals surface area contributed by atoms with Gasteiger partial charge < -0.3 is 20.1 Å². The van der Waals surface area contributed by atoms with Crippen molar-refractivity contribution < 1.29 is 24.2 Å². The number of nitrogens with one attached hydrogen (secondary N) is 1. The summed E-state index contributed by atoms with van der Waals surface area (Å²) in [4.78, 5) is 42.3. The number of carboxylic acids is 1. The minimum absolute atomic E-state index is 0.0238. The summed E-state index contributed by atoms with van der Waals surface area (Å²) in [6.45, 7) is 2.29. The maximum absolute atomic E-state index is 12.5. The fourth-order valence-corrected chi connectivity index (χ4v) is 4.12. The Balaban J connectivity index is 1.42. The van der Waals surface area contributed by atoms with Gasteiger partial charge in [-0.1, -0.05) is 24.3 Å². The Hall–Kier alpha value is -3.43. The number of ether oxygens (including phenoxy) is 1. The second kappa shape index (κ2) is 9.80. The average molecular weight is 452 g/mol. The molecule has 2 amide bonds. The maximum atomic E-state index is 12.5. The number of hydrogen-bond acceptors (Lipinski definition) is 6. The van der Waals surface area contributed by atoms with Crippen LogP contribution in [-0.4, -0.2) is 59.3 Å². The van der Waals surface area contributed by atoms with Crippen molar-refractivity contribution in [2.24, 2.45) is 4.99 Å². The van der Waals surface area contributed by atoms with Crippen LogP contribution in [0.15, 0.2) is 58.4 Å². The Kier molecular flexibility index (Phi) is 6.67. The Morgan fingerprint density at radius 3 is 2.44 bits per heavy atom. The van der Waals surface area contributed by atoms with Gasteiger partial charge in [0.05, 0.1) is 30.2 Å². The van der Waals surface area contributed by atoms with Gasteiger partial charge in [0.2, 0.25) is 0 Å². The molecule has 2 aliphatic heterocycles. The third-order valence-corrected chi connectivity index (χ3v) is 5.84. The SMILES string of the molecule is O=C(O)Cc1ccc(N=C2NC(=O)/C(=C\c3ccc(C(=O)N4CCOCC4)cc3)S2)cc1. The predicted molar refractivity (Wildman–Crippen MR) is 122 cm³/mol. The number of carboxylic acid groups (broad SMARTS) is 1. The minimum Gasteiger partial charge on any atom is -0.481 e. The molecule has 0 spiro atoms. The number of carbonyl (C=O) groups is 3. The van der Waals surface area contributed by atoms with Crippen LogP contribution in [0.5, 0.6) is 0 Å². The molecule has 2 aliphatic rings. The summed E-state index contributed by atoms with van der Waals surface area (Å²) in [5.74, 6) is -1.16. The topological polar surface area (TPSA) is 108 Å². The third-order valence-electron chi connectivity index (χ3n) is 4.93. The molecular formula is C23H21N3O5S. The summed E-state index contributed by atoms with van der Waals surface area (Å²) >= 11 is 1.22. The van der Waals surface area contributed by atoms with E-state index in [1.807, 2.05) is 12.1 Å². The summed E-state index contributed by atoms with van der Waals surface area (Å²) in [6.07, 6.45) is 1.70. The zero-order valence-corrected chi connectivity index (χ0v) is 17.9. The number of benzene rings is 2. The lowest BCUT2D eigenvalue weighted by Gasteiger charge is -2.26. The molecule has 32 heavy (non-hydrogen) atoms. The standard InChI is InChI=1S/C23H21N3O5S/c27-20(28)14-16-3-7-18(8-4-16)24-23-25-21(29)19(32-23)13-15-1-5-17(6-2-15)22(30)26-9-11-31-12-10-26/h1-8,13H,9-12,14H2,(H,27,28)(H,24,25,29)/b19-13+. The summed E-state index contributed by atoms with van der Waals surface area (Å²) in [5, 5.41) is 12.0. The van der Waals surface area contributed by atoms with Crippen molar-refractivity contribution in [2.45, 2.75) is 6.42 Å². The monoisotopic (exact) mass is 451 g/mol. The molecule has 0 bridgehead atoms. The maximum Gasteiger partial charge on any atom is 0.307 e. The fourth-order valence-electron chi connectivity index (χ4n) is 3.28. The number of hydrogen-bond donors (Lipinski definition) is 2. The molecule has 9 heteroatoms. The molecule has 2 saturated heterocycles. The summed E-state index contributed by atoms with van der Waals surface area (Å²) in [5.41, 5.74) is 2.71. The summed E-state index contributed by atoms with van der Waals surface area (Å²) < 4.78 is 5.28. The van der Waals surface area contributed by atoms with Gasteiger partial charge in [0.25, 0.3) is 11.8 Å². The Labute approximate surface area is 189 Å². The highest BCUT2D eigenvalue weighted by Gasteiger charge is 2.24. The van der Waals surface area contributed by atoms with E-state index in [4.69, 9.17) is 9.84 Å². The molecule has 0 atom stereocenters. The number of nitrogens with zero attached hydrogens (tertiary/aromatic N) is 2. The zero-order chi connectivity index (χ0) is 22.5. The summed E-state index contributed by atoms with van der Waals surface area (Å²) in [6, 6.07) is 14.0. The Bertz CT molecular complexity index is 1090. The number of rotatable bonds is 5. The Morgan fingerprint density at radius 1 is 1.09 bits per heavy atom. The minimum atomic E-state index is -0.893. The smallest absolute Gasteiger partial charge is 0.307 e. The van der Waals surface area contributed by atoms with Crippen molar-refractivity contribution in [3.05, 3.63) is 70.1 Å². The number of amidine groups is 1. The van der Waals surface area contributed by atoms with E-state index in [1.165, 1.54) is 11.8 Å². The number of thioether (sulfide) groups is 1. The first kappa shape index (κ1) is 21.8. The zero-order valence-electron chi connectivity index (χ0n) is 17.1. The average Bonchev–Trinajstić information content (AvgIpc) is 3.14. The van der Waals surface area contributed by atoms with Gasteiger partial charge in [-0.05, 0) is 53.2 Å².